The van der Waals surface area contributed by atoms with Crippen LogP contribution in [0.4, 0.5) is 4.39 Å². The van der Waals surface area contributed by atoms with Crippen molar-refractivity contribution in [3.8, 4) is 0 Å². The first-order valence-electron chi connectivity index (χ1n) is 8.06. The molecule has 1 aliphatic heterocycles. The zero-order valence-electron chi connectivity index (χ0n) is 14.0. The SMILES string of the molecule is CC(C)C(=O)NCCN1CCN(S(=O)(=O)c2ccc(F)cc2)CC1. The van der Waals surface area contributed by atoms with Gasteiger partial charge in [-0.05, 0) is 24.3 Å². The highest BCUT2D eigenvalue weighted by atomic mass is 32.2. The largest absolute Gasteiger partial charge is 0.355 e. The van der Waals surface area contributed by atoms with E-state index < -0.39 is 15.8 Å². The van der Waals surface area contributed by atoms with E-state index >= 15 is 0 Å². The van der Waals surface area contributed by atoms with Crippen LogP contribution in [0.25, 0.3) is 0 Å². The van der Waals surface area contributed by atoms with Crippen LogP contribution in [0.1, 0.15) is 13.8 Å². The van der Waals surface area contributed by atoms with Crippen LogP contribution in [0.2, 0.25) is 0 Å². The summed E-state index contributed by atoms with van der Waals surface area (Å²) in [5, 5.41) is 2.85. The molecule has 1 aromatic carbocycles. The maximum Gasteiger partial charge on any atom is 0.243 e. The molecule has 1 heterocycles. The number of halogens is 1. The van der Waals surface area contributed by atoms with Gasteiger partial charge in [0.25, 0.3) is 0 Å². The average Bonchev–Trinajstić information content (AvgIpc) is 2.55. The molecule has 1 fully saturated rings. The number of carbonyl (C=O) groups excluding carboxylic acids is 1. The molecule has 0 saturated carbocycles. The third kappa shape index (κ3) is 4.75. The summed E-state index contributed by atoms with van der Waals surface area (Å²) < 4.78 is 39.4. The van der Waals surface area contributed by atoms with E-state index in [1.54, 1.807) is 0 Å². The lowest BCUT2D eigenvalue weighted by molar-refractivity contribution is -0.124. The summed E-state index contributed by atoms with van der Waals surface area (Å²) in [6.45, 7) is 6.93. The van der Waals surface area contributed by atoms with Gasteiger partial charge in [-0.15, -0.1) is 0 Å². The minimum atomic E-state index is -3.58. The zero-order chi connectivity index (χ0) is 17.7. The molecule has 0 bridgehead atoms. The van der Waals surface area contributed by atoms with Gasteiger partial charge < -0.3 is 5.32 Å². The van der Waals surface area contributed by atoms with Gasteiger partial charge in [0, 0.05) is 45.2 Å². The Labute approximate surface area is 142 Å². The first-order valence-corrected chi connectivity index (χ1v) is 9.50. The minimum Gasteiger partial charge on any atom is -0.355 e. The van der Waals surface area contributed by atoms with Crippen molar-refractivity contribution >= 4 is 15.9 Å². The van der Waals surface area contributed by atoms with E-state index in [2.05, 4.69) is 10.2 Å². The third-order valence-corrected chi connectivity index (χ3v) is 5.95. The Morgan fingerprint density at radius 1 is 1.17 bits per heavy atom. The van der Waals surface area contributed by atoms with Crippen LogP contribution in [0.5, 0.6) is 0 Å². The molecule has 0 unspecified atom stereocenters. The van der Waals surface area contributed by atoms with Crippen LogP contribution in [-0.4, -0.2) is 62.8 Å². The molecule has 24 heavy (non-hydrogen) atoms. The molecule has 134 valence electrons. The van der Waals surface area contributed by atoms with Crippen molar-refractivity contribution in [3.05, 3.63) is 30.1 Å². The van der Waals surface area contributed by atoms with Gasteiger partial charge in [0.05, 0.1) is 4.90 Å². The van der Waals surface area contributed by atoms with Crippen LogP contribution in [0, 0.1) is 11.7 Å². The van der Waals surface area contributed by atoms with Crippen LogP contribution in [0.15, 0.2) is 29.2 Å². The molecule has 8 heteroatoms. The predicted molar refractivity (Wildman–Crippen MR) is 89.4 cm³/mol. The number of hydrogen-bond donors (Lipinski definition) is 1. The van der Waals surface area contributed by atoms with Crippen molar-refractivity contribution in [1.29, 1.82) is 0 Å². The molecule has 1 N–H and O–H groups in total. The number of piperazine rings is 1. The molecule has 0 aromatic heterocycles. The van der Waals surface area contributed by atoms with E-state index in [1.165, 1.54) is 16.4 Å². The topological polar surface area (TPSA) is 69.7 Å². The second-order valence-corrected chi connectivity index (χ2v) is 8.08. The van der Waals surface area contributed by atoms with E-state index in [4.69, 9.17) is 0 Å². The number of amides is 1. The van der Waals surface area contributed by atoms with Gasteiger partial charge in [-0.3, -0.25) is 9.69 Å². The molecule has 1 amide bonds. The summed E-state index contributed by atoms with van der Waals surface area (Å²) in [6, 6.07) is 4.89. The van der Waals surface area contributed by atoms with Crippen LogP contribution >= 0.6 is 0 Å². The highest BCUT2D eigenvalue weighted by molar-refractivity contribution is 7.89. The molecular weight excluding hydrogens is 333 g/mol. The van der Waals surface area contributed by atoms with Gasteiger partial charge in [0.2, 0.25) is 15.9 Å². The van der Waals surface area contributed by atoms with Crippen LogP contribution < -0.4 is 5.32 Å². The monoisotopic (exact) mass is 357 g/mol. The lowest BCUT2D eigenvalue weighted by Gasteiger charge is -2.34. The quantitative estimate of drug-likeness (QED) is 0.821. The number of nitrogens with zero attached hydrogens (tertiary/aromatic N) is 2. The summed E-state index contributed by atoms with van der Waals surface area (Å²) in [4.78, 5) is 13.7. The molecule has 1 aliphatic rings. The molecular formula is C16H24FN3O3S. The lowest BCUT2D eigenvalue weighted by atomic mass is 10.2. The van der Waals surface area contributed by atoms with E-state index in [0.717, 1.165) is 12.1 Å². The Morgan fingerprint density at radius 2 is 1.75 bits per heavy atom. The second kappa shape index (κ2) is 8.04. The predicted octanol–water partition coefficient (Wildman–Crippen LogP) is 0.904. The minimum absolute atomic E-state index is 0.0209. The summed E-state index contributed by atoms with van der Waals surface area (Å²) in [5.74, 6) is -0.475. The first-order chi connectivity index (χ1) is 11.3. The fourth-order valence-electron chi connectivity index (χ4n) is 2.49. The summed E-state index contributed by atoms with van der Waals surface area (Å²) >= 11 is 0. The fourth-order valence-corrected chi connectivity index (χ4v) is 3.91. The van der Waals surface area contributed by atoms with Crippen LogP contribution in [-0.2, 0) is 14.8 Å². The van der Waals surface area contributed by atoms with E-state index in [-0.39, 0.29) is 16.7 Å². The first kappa shape index (κ1) is 18.8. The summed E-state index contributed by atoms with van der Waals surface area (Å²) in [6.07, 6.45) is 0. The van der Waals surface area contributed by atoms with Crippen molar-refractivity contribution in [2.45, 2.75) is 18.7 Å². The van der Waals surface area contributed by atoms with Gasteiger partial charge in [-0.2, -0.15) is 4.31 Å². The van der Waals surface area contributed by atoms with Crippen molar-refractivity contribution in [2.75, 3.05) is 39.3 Å². The molecule has 0 radical (unpaired) electrons. The van der Waals surface area contributed by atoms with Crippen molar-refractivity contribution < 1.29 is 17.6 Å². The zero-order valence-corrected chi connectivity index (χ0v) is 14.9. The Kier molecular flexibility index (Phi) is 6.31. The number of carbonyl (C=O) groups is 1. The summed E-state index contributed by atoms with van der Waals surface area (Å²) in [5.41, 5.74) is 0. The number of hydrogen-bond acceptors (Lipinski definition) is 4. The Balaban J connectivity index is 1.84. The van der Waals surface area contributed by atoms with Gasteiger partial charge in [0.1, 0.15) is 5.82 Å². The van der Waals surface area contributed by atoms with E-state index in [0.29, 0.717) is 39.3 Å². The number of nitrogens with one attached hydrogen (secondary N) is 1. The summed E-state index contributed by atoms with van der Waals surface area (Å²) in [7, 11) is -3.58. The Morgan fingerprint density at radius 3 is 2.29 bits per heavy atom. The van der Waals surface area contributed by atoms with E-state index in [9.17, 15) is 17.6 Å². The lowest BCUT2D eigenvalue weighted by Crippen LogP contribution is -2.50. The number of rotatable bonds is 6. The molecule has 2 rings (SSSR count). The number of sulfonamides is 1. The molecule has 1 saturated heterocycles. The van der Waals surface area contributed by atoms with Crippen molar-refractivity contribution in [2.24, 2.45) is 5.92 Å². The Bertz CT molecular complexity index is 654. The molecule has 0 aliphatic carbocycles. The normalized spacial score (nSPS) is 17.2. The molecule has 1 aromatic rings. The molecule has 6 nitrogen and oxygen atoms in total. The van der Waals surface area contributed by atoms with Gasteiger partial charge in [-0.25, -0.2) is 12.8 Å². The molecule has 0 atom stereocenters. The second-order valence-electron chi connectivity index (χ2n) is 6.15. The third-order valence-electron chi connectivity index (χ3n) is 4.03. The van der Waals surface area contributed by atoms with E-state index in [1.807, 2.05) is 13.8 Å². The highest BCUT2D eigenvalue weighted by Crippen LogP contribution is 2.17. The smallest absolute Gasteiger partial charge is 0.243 e. The van der Waals surface area contributed by atoms with Crippen molar-refractivity contribution in [1.82, 2.24) is 14.5 Å². The van der Waals surface area contributed by atoms with Gasteiger partial charge in [-0.1, -0.05) is 13.8 Å². The van der Waals surface area contributed by atoms with Crippen molar-refractivity contribution in [3.63, 3.8) is 0 Å². The molecule has 0 spiro atoms. The maximum absolute atomic E-state index is 12.9. The maximum atomic E-state index is 12.9. The van der Waals surface area contributed by atoms with Crippen LogP contribution in [0.3, 0.4) is 0 Å². The fraction of sp³-hybridized carbons (Fsp3) is 0.562. The number of benzene rings is 1. The van der Waals surface area contributed by atoms with Gasteiger partial charge >= 0.3 is 0 Å². The highest BCUT2D eigenvalue weighted by Gasteiger charge is 2.28. The average molecular weight is 357 g/mol. The Hall–Kier alpha value is -1.51. The van der Waals surface area contributed by atoms with Gasteiger partial charge in [0.15, 0.2) is 0 Å². The standard InChI is InChI=1S/C16H24FN3O3S/c1-13(2)16(21)18-7-8-19-9-11-20(12-10-19)24(22,23)15-5-3-14(17)4-6-15/h3-6,13H,7-12H2,1-2H3,(H,18,21).